The first-order valence-corrected chi connectivity index (χ1v) is 8.33. The van der Waals surface area contributed by atoms with Crippen molar-refractivity contribution in [3.8, 4) is 0 Å². The molecule has 0 radical (unpaired) electrons. The van der Waals surface area contributed by atoms with Crippen LogP contribution in [-0.2, 0) is 9.53 Å². The highest BCUT2D eigenvalue weighted by atomic mass is 35.5. The number of amides is 3. The molecule has 7 heteroatoms. The van der Waals surface area contributed by atoms with E-state index < -0.39 is 11.6 Å². The van der Waals surface area contributed by atoms with Gasteiger partial charge in [0.1, 0.15) is 5.54 Å². The first-order valence-electron chi connectivity index (χ1n) is 7.57. The number of imide groups is 1. The summed E-state index contributed by atoms with van der Waals surface area (Å²) in [7, 11) is 1.49. The van der Waals surface area contributed by atoms with E-state index in [-0.39, 0.29) is 12.5 Å². The van der Waals surface area contributed by atoms with Crippen molar-refractivity contribution in [3.05, 3.63) is 58.6 Å². The third kappa shape index (κ3) is 2.99. The second kappa shape index (κ2) is 6.67. The van der Waals surface area contributed by atoms with Crippen LogP contribution in [0.4, 0.5) is 16.2 Å². The highest BCUT2D eigenvalue weighted by Crippen LogP contribution is 2.37. The summed E-state index contributed by atoms with van der Waals surface area (Å²) in [6.07, 6.45) is 0. The molecule has 1 aliphatic heterocycles. The number of hydrogen-bond donors (Lipinski definition) is 0. The smallest absolute Gasteiger partial charge is 0.336 e. The number of benzene rings is 2. The maximum Gasteiger partial charge on any atom is 0.336 e. The number of nitrogens with zero attached hydrogens (tertiary/aromatic N) is 2. The molecule has 1 fully saturated rings. The van der Waals surface area contributed by atoms with Crippen molar-refractivity contribution in [2.24, 2.45) is 0 Å². The molecule has 2 aromatic carbocycles. The fourth-order valence-electron chi connectivity index (χ4n) is 2.95. The summed E-state index contributed by atoms with van der Waals surface area (Å²) >= 11 is 11.8. The molecule has 0 saturated carbocycles. The lowest BCUT2D eigenvalue weighted by atomic mass is 10.0. The van der Waals surface area contributed by atoms with E-state index in [0.29, 0.717) is 21.4 Å². The Hall–Kier alpha value is -2.08. The number of anilines is 2. The van der Waals surface area contributed by atoms with Crippen LogP contribution in [0, 0.1) is 0 Å². The predicted molar refractivity (Wildman–Crippen MR) is 98.5 cm³/mol. The highest BCUT2D eigenvalue weighted by Gasteiger charge is 2.55. The van der Waals surface area contributed by atoms with Gasteiger partial charge in [-0.2, -0.15) is 0 Å². The van der Waals surface area contributed by atoms with Gasteiger partial charge < -0.3 is 4.74 Å². The van der Waals surface area contributed by atoms with Gasteiger partial charge in [0.15, 0.2) is 0 Å². The van der Waals surface area contributed by atoms with E-state index in [0.717, 1.165) is 4.90 Å². The zero-order valence-corrected chi connectivity index (χ0v) is 15.2. The zero-order valence-electron chi connectivity index (χ0n) is 13.7. The number of hydrogen-bond acceptors (Lipinski definition) is 3. The third-order valence-electron chi connectivity index (χ3n) is 4.13. The standard InChI is InChI=1S/C18H16Cl2N2O3/c1-18(11-25-2)16(23)21(14-7-3-12(19)4-8-14)17(24)22(18)15-9-5-13(20)6-10-15/h3-10H,11H2,1-2H3. The summed E-state index contributed by atoms with van der Waals surface area (Å²) < 4.78 is 5.24. The largest absolute Gasteiger partial charge is 0.382 e. The molecule has 0 spiro atoms. The molecule has 0 N–H and O–H groups in total. The summed E-state index contributed by atoms with van der Waals surface area (Å²) in [5.74, 6) is -0.364. The molecule has 0 bridgehead atoms. The minimum atomic E-state index is -1.17. The van der Waals surface area contributed by atoms with Crippen molar-refractivity contribution in [3.63, 3.8) is 0 Å². The molecule has 0 aromatic heterocycles. The summed E-state index contributed by atoms with van der Waals surface area (Å²) in [6, 6.07) is 12.8. The number of carbonyl (C=O) groups is 2. The van der Waals surface area contributed by atoms with Gasteiger partial charge in [0.25, 0.3) is 5.91 Å². The molecule has 0 aliphatic carbocycles. The molecule has 25 heavy (non-hydrogen) atoms. The maximum atomic E-state index is 13.1. The molecular weight excluding hydrogens is 363 g/mol. The van der Waals surface area contributed by atoms with Crippen LogP contribution < -0.4 is 9.80 Å². The van der Waals surface area contributed by atoms with Gasteiger partial charge in [0, 0.05) is 22.8 Å². The molecular formula is C18H16Cl2N2O3. The SMILES string of the molecule is COCC1(C)C(=O)N(c2ccc(Cl)cc2)C(=O)N1c1ccc(Cl)cc1. The van der Waals surface area contributed by atoms with E-state index in [1.54, 1.807) is 55.5 Å². The van der Waals surface area contributed by atoms with Crippen molar-refractivity contribution >= 4 is 46.5 Å². The van der Waals surface area contributed by atoms with Crippen LogP contribution in [0.15, 0.2) is 48.5 Å². The van der Waals surface area contributed by atoms with Crippen molar-refractivity contribution in [1.82, 2.24) is 0 Å². The minimum Gasteiger partial charge on any atom is -0.382 e. The molecule has 1 saturated heterocycles. The topological polar surface area (TPSA) is 49.9 Å². The van der Waals surface area contributed by atoms with Crippen molar-refractivity contribution in [2.75, 3.05) is 23.5 Å². The molecule has 2 aromatic rings. The summed E-state index contributed by atoms with van der Waals surface area (Å²) in [4.78, 5) is 28.8. The van der Waals surface area contributed by atoms with Crippen molar-refractivity contribution in [1.29, 1.82) is 0 Å². The Morgan fingerprint density at radius 2 is 1.40 bits per heavy atom. The first-order chi connectivity index (χ1) is 11.9. The number of methoxy groups -OCH3 is 1. The average Bonchev–Trinajstić information content (AvgIpc) is 2.77. The molecule has 5 nitrogen and oxygen atoms in total. The Morgan fingerprint density at radius 1 is 0.920 bits per heavy atom. The summed E-state index contributed by atoms with van der Waals surface area (Å²) in [6.45, 7) is 1.74. The van der Waals surface area contributed by atoms with Crippen LogP contribution in [0.25, 0.3) is 0 Å². The molecule has 1 heterocycles. The van der Waals surface area contributed by atoms with Crippen LogP contribution in [0.1, 0.15) is 6.92 Å². The monoisotopic (exact) mass is 378 g/mol. The van der Waals surface area contributed by atoms with Crippen LogP contribution in [0.2, 0.25) is 10.0 Å². The van der Waals surface area contributed by atoms with Gasteiger partial charge in [-0.25, -0.2) is 9.69 Å². The normalized spacial score (nSPS) is 20.5. The van der Waals surface area contributed by atoms with E-state index in [9.17, 15) is 9.59 Å². The fraction of sp³-hybridized carbons (Fsp3) is 0.222. The van der Waals surface area contributed by atoms with Crippen molar-refractivity contribution < 1.29 is 14.3 Å². The fourth-order valence-corrected chi connectivity index (χ4v) is 3.20. The lowest BCUT2D eigenvalue weighted by molar-refractivity contribution is -0.122. The second-order valence-electron chi connectivity index (χ2n) is 5.92. The molecule has 130 valence electrons. The number of carbonyl (C=O) groups excluding carboxylic acids is 2. The summed E-state index contributed by atoms with van der Waals surface area (Å²) in [5, 5.41) is 1.07. The van der Waals surface area contributed by atoms with Crippen LogP contribution >= 0.6 is 23.2 Å². The van der Waals surface area contributed by atoms with E-state index in [2.05, 4.69) is 0 Å². The molecule has 3 amide bonds. The lowest BCUT2D eigenvalue weighted by Gasteiger charge is -2.30. The molecule has 1 aliphatic rings. The van der Waals surface area contributed by atoms with E-state index in [4.69, 9.17) is 27.9 Å². The van der Waals surface area contributed by atoms with Gasteiger partial charge in [0.2, 0.25) is 0 Å². The maximum absolute atomic E-state index is 13.1. The molecule has 1 unspecified atom stereocenters. The highest BCUT2D eigenvalue weighted by molar-refractivity contribution is 6.32. The van der Waals surface area contributed by atoms with Gasteiger partial charge >= 0.3 is 6.03 Å². The van der Waals surface area contributed by atoms with E-state index in [1.807, 2.05) is 0 Å². The first kappa shape index (κ1) is 17.7. The lowest BCUT2D eigenvalue weighted by Crippen LogP contribution is -2.51. The van der Waals surface area contributed by atoms with E-state index in [1.165, 1.54) is 12.0 Å². The number of halogens is 2. The van der Waals surface area contributed by atoms with Gasteiger partial charge in [-0.15, -0.1) is 0 Å². The Bertz CT molecular complexity index is 808. The van der Waals surface area contributed by atoms with Crippen LogP contribution in [-0.4, -0.2) is 31.2 Å². The predicted octanol–water partition coefficient (Wildman–Crippen LogP) is 4.37. The molecule has 3 rings (SSSR count). The van der Waals surface area contributed by atoms with Crippen LogP contribution in [0.5, 0.6) is 0 Å². The van der Waals surface area contributed by atoms with Gasteiger partial charge in [-0.3, -0.25) is 9.69 Å². The summed E-state index contributed by atoms with van der Waals surface area (Å²) in [5.41, 5.74) is -0.142. The quantitative estimate of drug-likeness (QED) is 0.742. The Morgan fingerprint density at radius 3 is 1.88 bits per heavy atom. The number of urea groups is 1. The second-order valence-corrected chi connectivity index (χ2v) is 6.79. The van der Waals surface area contributed by atoms with Gasteiger partial charge in [0.05, 0.1) is 12.3 Å². The van der Waals surface area contributed by atoms with Gasteiger partial charge in [-0.1, -0.05) is 23.2 Å². The third-order valence-corrected chi connectivity index (χ3v) is 4.64. The van der Waals surface area contributed by atoms with Crippen molar-refractivity contribution in [2.45, 2.75) is 12.5 Å². The number of ether oxygens (including phenoxy) is 1. The minimum absolute atomic E-state index is 0.0598. The zero-order chi connectivity index (χ0) is 18.2. The van der Waals surface area contributed by atoms with Crippen LogP contribution in [0.3, 0.4) is 0 Å². The van der Waals surface area contributed by atoms with Gasteiger partial charge in [-0.05, 0) is 55.5 Å². The average molecular weight is 379 g/mol. The Labute approximate surface area is 155 Å². The molecule has 1 atom stereocenters. The Kier molecular flexibility index (Phi) is 4.73. The number of rotatable bonds is 4. The van der Waals surface area contributed by atoms with E-state index >= 15 is 0 Å². The Balaban J connectivity index is 2.09.